The van der Waals surface area contributed by atoms with E-state index in [1.807, 2.05) is 6.92 Å². The van der Waals surface area contributed by atoms with E-state index in [9.17, 15) is 14.4 Å². The number of carbonyl (C=O) groups is 2. The molecular weight excluding hydrogens is 386 g/mol. The number of nitrogens with one attached hydrogen (secondary N) is 1. The molecule has 0 bridgehead atoms. The van der Waals surface area contributed by atoms with Gasteiger partial charge in [0.1, 0.15) is 5.75 Å². The quantitative estimate of drug-likeness (QED) is 0.409. The molecular formula is C20H24ClNO6. The van der Waals surface area contributed by atoms with Crippen molar-refractivity contribution in [2.45, 2.75) is 38.5 Å². The number of aromatic amines is 1. The summed E-state index contributed by atoms with van der Waals surface area (Å²) in [6.45, 7) is 5.35. The third-order valence-corrected chi connectivity index (χ3v) is 4.95. The number of halogens is 1. The number of alkyl halides is 1. The normalized spacial score (nSPS) is 11.3. The summed E-state index contributed by atoms with van der Waals surface area (Å²) in [6, 6.07) is 4.89. The van der Waals surface area contributed by atoms with E-state index in [1.54, 1.807) is 26.0 Å². The fraction of sp³-hybridized carbons (Fsp3) is 0.450. The number of aryl methyl sites for hydroxylation is 2. The summed E-state index contributed by atoms with van der Waals surface area (Å²) in [4.78, 5) is 37.3. The number of carbonyl (C=O) groups excluding carboxylic acids is 2. The third kappa shape index (κ3) is 4.30. The van der Waals surface area contributed by atoms with Gasteiger partial charge >= 0.3 is 11.9 Å². The third-order valence-electron chi connectivity index (χ3n) is 4.45. The van der Waals surface area contributed by atoms with E-state index in [0.717, 1.165) is 16.5 Å². The monoisotopic (exact) mass is 409 g/mol. The molecule has 0 saturated carbocycles. The summed E-state index contributed by atoms with van der Waals surface area (Å²) in [5.41, 5.74) is 2.00. The zero-order chi connectivity index (χ0) is 20.9. The van der Waals surface area contributed by atoms with E-state index in [1.165, 1.54) is 13.2 Å². The van der Waals surface area contributed by atoms with Crippen LogP contribution in [0.15, 0.2) is 23.0 Å². The average Bonchev–Trinajstić information content (AvgIpc) is 2.66. The first-order valence-corrected chi connectivity index (χ1v) is 9.39. The first-order valence-electron chi connectivity index (χ1n) is 9.01. The van der Waals surface area contributed by atoms with Crippen molar-refractivity contribution in [1.82, 2.24) is 4.98 Å². The smallest absolute Gasteiger partial charge is 0.338 e. The van der Waals surface area contributed by atoms with Crippen LogP contribution < -0.4 is 10.3 Å². The Morgan fingerprint density at radius 1 is 1.14 bits per heavy atom. The number of hydrogen-bond donors (Lipinski definition) is 1. The highest BCUT2D eigenvalue weighted by atomic mass is 35.5. The topological polar surface area (TPSA) is 94.7 Å². The number of benzene rings is 1. The van der Waals surface area contributed by atoms with Gasteiger partial charge in [-0.1, -0.05) is 11.6 Å². The Morgan fingerprint density at radius 3 is 2.29 bits per heavy atom. The molecule has 1 heterocycles. The highest BCUT2D eigenvalue weighted by Gasteiger charge is 2.47. The second-order valence-electron chi connectivity index (χ2n) is 6.23. The number of ether oxygens (including phenoxy) is 3. The lowest BCUT2D eigenvalue weighted by molar-refractivity contribution is -0.159. The molecule has 0 fully saturated rings. The van der Waals surface area contributed by atoms with Gasteiger partial charge < -0.3 is 19.2 Å². The molecule has 2 rings (SSSR count). The summed E-state index contributed by atoms with van der Waals surface area (Å²) >= 11 is 6.40. The lowest BCUT2D eigenvalue weighted by Gasteiger charge is -2.23. The van der Waals surface area contributed by atoms with Crippen molar-refractivity contribution in [3.05, 3.63) is 39.7 Å². The van der Waals surface area contributed by atoms with Crippen LogP contribution in [-0.4, -0.2) is 42.1 Å². The number of pyridine rings is 1. The first kappa shape index (κ1) is 21.8. The van der Waals surface area contributed by atoms with Crippen molar-refractivity contribution >= 4 is 34.4 Å². The van der Waals surface area contributed by atoms with Gasteiger partial charge in [-0.15, -0.1) is 0 Å². The Labute approximate surface area is 167 Å². The molecule has 0 spiro atoms. The van der Waals surface area contributed by atoms with Crippen LogP contribution in [0.1, 0.15) is 31.4 Å². The van der Waals surface area contributed by atoms with Crippen molar-refractivity contribution in [3.8, 4) is 5.75 Å². The lowest BCUT2D eigenvalue weighted by Crippen LogP contribution is -2.44. The van der Waals surface area contributed by atoms with E-state index in [0.29, 0.717) is 17.7 Å². The number of aromatic nitrogens is 1. The predicted octanol–water partition coefficient (Wildman–Crippen LogP) is 2.88. The summed E-state index contributed by atoms with van der Waals surface area (Å²) in [5, 5.41) is 0.753. The van der Waals surface area contributed by atoms with Crippen molar-refractivity contribution in [3.63, 3.8) is 0 Å². The molecule has 7 nitrogen and oxygen atoms in total. The number of H-pyrrole nitrogens is 1. The van der Waals surface area contributed by atoms with Gasteiger partial charge in [0.2, 0.25) is 10.4 Å². The second kappa shape index (κ2) is 9.10. The number of esters is 2. The minimum Gasteiger partial charge on any atom is -0.495 e. The van der Waals surface area contributed by atoms with Crippen LogP contribution in [0.4, 0.5) is 0 Å². The molecule has 28 heavy (non-hydrogen) atoms. The van der Waals surface area contributed by atoms with E-state index in [-0.39, 0.29) is 25.2 Å². The summed E-state index contributed by atoms with van der Waals surface area (Å²) in [5.74, 6) is -1.14. The molecule has 0 radical (unpaired) electrons. The van der Waals surface area contributed by atoms with Crippen molar-refractivity contribution in [2.24, 2.45) is 0 Å². The first-order chi connectivity index (χ1) is 13.3. The van der Waals surface area contributed by atoms with Gasteiger partial charge in [0.25, 0.3) is 0 Å². The Kier molecular flexibility index (Phi) is 7.07. The molecule has 0 atom stereocenters. The van der Waals surface area contributed by atoms with Gasteiger partial charge in [-0.2, -0.15) is 0 Å². The Morgan fingerprint density at radius 2 is 1.75 bits per heavy atom. The van der Waals surface area contributed by atoms with Crippen LogP contribution in [0.5, 0.6) is 5.75 Å². The molecule has 1 aromatic carbocycles. The van der Waals surface area contributed by atoms with Crippen molar-refractivity contribution < 1.29 is 23.8 Å². The van der Waals surface area contributed by atoms with Crippen molar-refractivity contribution in [2.75, 3.05) is 20.3 Å². The molecule has 0 amide bonds. The van der Waals surface area contributed by atoms with E-state index < -0.39 is 16.8 Å². The number of fused-ring (bicyclic) bond motifs is 1. The standard InChI is InChI=1S/C20H24ClNO6/c1-5-27-18(24)20(21,19(25)28-6-2)10-9-13-12(3)11-15(26-4)17-14(13)7-8-16(23)22-17/h7-8,11H,5-6,9-10H2,1-4H3,(H,22,23). The largest absolute Gasteiger partial charge is 0.495 e. The van der Waals surface area contributed by atoms with Crippen LogP contribution in [-0.2, 0) is 25.5 Å². The Hall–Kier alpha value is -2.54. The van der Waals surface area contributed by atoms with Gasteiger partial charge in [0.05, 0.1) is 25.8 Å². The van der Waals surface area contributed by atoms with Crippen LogP contribution in [0.2, 0.25) is 0 Å². The van der Waals surface area contributed by atoms with Crippen LogP contribution in [0.3, 0.4) is 0 Å². The fourth-order valence-corrected chi connectivity index (χ4v) is 3.26. The maximum atomic E-state index is 12.4. The van der Waals surface area contributed by atoms with Gasteiger partial charge in [0, 0.05) is 11.5 Å². The molecule has 0 aliphatic rings. The summed E-state index contributed by atoms with van der Waals surface area (Å²) < 4.78 is 15.3. The number of hydrogen-bond acceptors (Lipinski definition) is 6. The molecule has 0 saturated heterocycles. The molecule has 0 aliphatic carbocycles. The van der Waals surface area contributed by atoms with E-state index in [4.69, 9.17) is 25.8 Å². The number of rotatable bonds is 8. The Bertz CT molecular complexity index is 918. The highest BCUT2D eigenvalue weighted by Crippen LogP contribution is 2.33. The predicted molar refractivity (Wildman–Crippen MR) is 106 cm³/mol. The van der Waals surface area contributed by atoms with Gasteiger partial charge in [0.15, 0.2) is 0 Å². The summed E-state index contributed by atoms with van der Waals surface area (Å²) in [7, 11) is 1.52. The minimum absolute atomic E-state index is 0.0202. The molecule has 1 N–H and O–H groups in total. The van der Waals surface area contributed by atoms with Crippen LogP contribution >= 0.6 is 11.6 Å². The summed E-state index contributed by atoms with van der Waals surface area (Å²) in [6.07, 6.45) is 0.271. The molecule has 2 aromatic rings. The van der Waals surface area contributed by atoms with Crippen LogP contribution in [0.25, 0.3) is 10.9 Å². The highest BCUT2D eigenvalue weighted by molar-refractivity contribution is 6.44. The molecule has 0 unspecified atom stereocenters. The fourth-order valence-electron chi connectivity index (χ4n) is 3.06. The van der Waals surface area contributed by atoms with E-state index in [2.05, 4.69) is 4.98 Å². The maximum absolute atomic E-state index is 12.4. The zero-order valence-corrected chi connectivity index (χ0v) is 17.1. The molecule has 0 aliphatic heterocycles. The Balaban J connectivity index is 2.47. The van der Waals surface area contributed by atoms with Gasteiger partial charge in [-0.05, 0) is 56.9 Å². The minimum atomic E-state index is -1.94. The second-order valence-corrected chi connectivity index (χ2v) is 6.87. The SMILES string of the molecule is CCOC(=O)C(Cl)(CCc1c(C)cc(OC)c2[nH]c(=O)ccc12)C(=O)OCC. The number of methoxy groups -OCH3 is 1. The van der Waals surface area contributed by atoms with Gasteiger partial charge in [-0.3, -0.25) is 4.79 Å². The van der Waals surface area contributed by atoms with Crippen molar-refractivity contribution in [1.29, 1.82) is 0 Å². The molecule has 1 aromatic heterocycles. The maximum Gasteiger partial charge on any atom is 0.338 e. The lowest BCUT2D eigenvalue weighted by atomic mass is 9.93. The van der Waals surface area contributed by atoms with Crippen LogP contribution in [0, 0.1) is 6.92 Å². The molecule has 152 valence electrons. The zero-order valence-electron chi connectivity index (χ0n) is 16.4. The van der Waals surface area contributed by atoms with E-state index >= 15 is 0 Å². The average molecular weight is 410 g/mol. The molecule has 8 heteroatoms. The van der Waals surface area contributed by atoms with Gasteiger partial charge in [-0.25, -0.2) is 9.59 Å².